The first-order chi connectivity index (χ1) is 15.6. The van der Waals surface area contributed by atoms with Crippen molar-refractivity contribution in [1.82, 2.24) is 4.90 Å². The first-order valence-electron chi connectivity index (χ1n) is 10.7. The molecule has 1 atom stereocenters. The molecule has 2 amide bonds. The van der Waals surface area contributed by atoms with E-state index < -0.39 is 0 Å². The number of nitrogens with one attached hydrogen (secondary N) is 1. The van der Waals surface area contributed by atoms with Crippen LogP contribution >= 0.6 is 0 Å². The van der Waals surface area contributed by atoms with Gasteiger partial charge in [-0.2, -0.15) is 0 Å². The highest BCUT2D eigenvalue weighted by Gasteiger charge is 2.33. The molecule has 0 aromatic heterocycles. The van der Waals surface area contributed by atoms with Crippen LogP contribution < -0.4 is 19.5 Å². The second-order valence-corrected chi connectivity index (χ2v) is 7.55. The second kappa shape index (κ2) is 9.64. The predicted molar refractivity (Wildman–Crippen MR) is 125 cm³/mol. The Kier molecular flexibility index (Phi) is 6.50. The molecular weight excluding hydrogens is 404 g/mol. The van der Waals surface area contributed by atoms with Crippen molar-refractivity contribution in [1.29, 1.82) is 0 Å². The van der Waals surface area contributed by atoms with E-state index in [1.54, 1.807) is 14.2 Å². The summed E-state index contributed by atoms with van der Waals surface area (Å²) >= 11 is 0. The van der Waals surface area contributed by atoms with Crippen molar-refractivity contribution in [3.05, 3.63) is 83.4 Å². The summed E-state index contributed by atoms with van der Waals surface area (Å²) in [5.41, 5.74) is 3.97. The van der Waals surface area contributed by atoms with Crippen molar-refractivity contribution in [2.75, 3.05) is 32.7 Å². The van der Waals surface area contributed by atoms with Crippen LogP contribution in [-0.2, 0) is 6.42 Å². The summed E-state index contributed by atoms with van der Waals surface area (Å²) in [5, 5.41) is 3.04. The molecule has 3 aromatic rings. The van der Waals surface area contributed by atoms with Gasteiger partial charge in [0.15, 0.2) is 11.5 Å². The fourth-order valence-corrected chi connectivity index (χ4v) is 4.16. The topological polar surface area (TPSA) is 60.0 Å². The van der Waals surface area contributed by atoms with Crippen molar-refractivity contribution in [2.45, 2.75) is 19.4 Å². The van der Waals surface area contributed by atoms with Gasteiger partial charge in [-0.05, 0) is 66.4 Å². The molecule has 3 aromatic carbocycles. The number of hydrogen-bond acceptors (Lipinski definition) is 4. The van der Waals surface area contributed by atoms with Crippen molar-refractivity contribution < 1.29 is 19.0 Å². The molecule has 6 heteroatoms. The minimum Gasteiger partial charge on any atom is -0.494 e. The van der Waals surface area contributed by atoms with Crippen LogP contribution in [0, 0.1) is 0 Å². The average Bonchev–Trinajstić information content (AvgIpc) is 2.84. The first kappa shape index (κ1) is 21.6. The Hall–Kier alpha value is -3.67. The molecule has 32 heavy (non-hydrogen) atoms. The number of fused-ring (bicyclic) bond motifs is 1. The number of benzene rings is 3. The second-order valence-electron chi connectivity index (χ2n) is 7.55. The van der Waals surface area contributed by atoms with E-state index in [0.29, 0.717) is 24.7 Å². The number of methoxy groups -OCH3 is 2. The van der Waals surface area contributed by atoms with Gasteiger partial charge in [0.1, 0.15) is 5.75 Å². The van der Waals surface area contributed by atoms with Gasteiger partial charge in [-0.15, -0.1) is 0 Å². The Morgan fingerprint density at radius 3 is 2.34 bits per heavy atom. The lowest BCUT2D eigenvalue weighted by atomic mass is 9.88. The van der Waals surface area contributed by atoms with Gasteiger partial charge in [-0.1, -0.05) is 30.3 Å². The molecule has 0 unspecified atom stereocenters. The van der Waals surface area contributed by atoms with Crippen LogP contribution in [0.2, 0.25) is 0 Å². The summed E-state index contributed by atoms with van der Waals surface area (Å²) in [7, 11) is 3.26. The average molecular weight is 433 g/mol. The minimum atomic E-state index is -0.234. The van der Waals surface area contributed by atoms with Gasteiger partial charge in [-0.25, -0.2) is 4.79 Å². The van der Waals surface area contributed by atoms with Gasteiger partial charge < -0.3 is 24.4 Å². The van der Waals surface area contributed by atoms with Crippen molar-refractivity contribution in [3.63, 3.8) is 0 Å². The predicted octanol–water partition coefficient (Wildman–Crippen LogP) is 5.28. The number of ether oxygens (including phenoxy) is 3. The summed E-state index contributed by atoms with van der Waals surface area (Å²) in [6.45, 7) is 3.13. The highest BCUT2D eigenvalue weighted by Crippen LogP contribution is 2.41. The number of carbonyl (C=O) groups excluding carboxylic acids is 1. The zero-order chi connectivity index (χ0) is 22.5. The van der Waals surface area contributed by atoms with Crippen LogP contribution in [0.1, 0.15) is 29.7 Å². The molecule has 0 fully saturated rings. The number of urea groups is 1. The van der Waals surface area contributed by atoms with Crippen LogP contribution in [0.5, 0.6) is 17.2 Å². The number of hydrogen-bond donors (Lipinski definition) is 1. The van der Waals surface area contributed by atoms with E-state index >= 15 is 0 Å². The smallest absolute Gasteiger partial charge is 0.322 e. The third-order valence-corrected chi connectivity index (χ3v) is 5.67. The normalized spacial score (nSPS) is 15.0. The number of amides is 2. The Morgan fingerprint density at radius 2 is 1.69 bits per heavy atom. The highest BCUT2D eigenvalue weighted by molar-refractivity contribution is 5.90. The van der Waals surface area contributed by atoms with E-state index in [1.165, 1.54) is 0 Å². The molecule has 1 aliphatic heterocycles. The van der Waals surface area contributed by atoms with Crippen LogP contribution in [0.4, 0.5) is 10.5 Å². The quantitative estimate of drug-likeness (QED) is 0.576. The van der Waals surface area contributed by atoms with Crippen molar-refractivity contribution in [2.24, 2.45) is 0 Å². The molecule has 0 saturated heterocycles. The molecule has 1 aliphatic rings. The van der Waals surface area contributed by atoms with Crippen molar-refractivity contribution >= 4 is 11.7 Å². The van der Waals surface area contributed by atoms with Crippen molar-refractivity contribution in [3.8, 4) is 17.2 Å². The number of carbonyl (C=O) groups is 1. The monoisotopic (exact) mass is 432 g/mol. The zero-order valence-corrected chi connectivity index (χ0v) is 18.6. The molecule has 0 spiro atoms. The lowest BCUT2D eigenvalue weighted by Crippen LogP contribution is -2.43. The lowest BCUT2D eigenvalue weighted by molar-refractivity contribution is 0.193. The van der Waals surface area contributed by atoms with Gasteiger partial charge in [-0.3, -0.25) is 0 Å². The molecule has 4 rings (SSSR count). The first-order valence-corrected chi connectivity index (χ1v) is 10.7. The third-order valence-electron chi connectivity index (χ3n) is 5.67. The van der Waals surface area contributed by atoms with Gasteiger partial charge in [0, 0.05) is 12.2 Å². The molecule has 0 radical (unpaired) electrons. The zero-order valence-electron chi connectivity index (χ0n) is 18.6. The van der Waals surface area contributed by atoms with E-state index in [9.17, 15) is 4.79 Å². The Bertz CT molecular complexity index is 1070. The summed E-state index contributed by atoms with van der Waals surface area (Å²) in [6, 6.07) is 21.1. The molecule has 0 bridgehead atoms. The molecule has 1 N–H and O–H groups in total. The molecule has 0 saturated carbocycles. The van der Waals surface area contributed by atoms with E-state index in [-0.39, 0.29) is 12.1 Å². The third kappa shape index (κ3) is 4.35. The molecule has 0 aliphatic carbocycles. The molecule has 6 nitrogen and oxygen atoms in total. The summed E-state index contributed by atoms with van der Waals surface area (Å²) in [5.74, 6) is 2.13. The highest BCUT2D eigenvalue weighted by atomic mass is 16.5. The fourth-order valence-electron chi connectivity index (χ4n) is 4.16. The Labute approximate surface area is 188 Å². The van der Waals surface area contributed by atoms with Gasteiger partial charge in [0.05, 0.1) is 26.9 Å². The van der Waals surface area contributed by atoms with Crippen LogP contribution in [0.25, 0.3) is 0 Å². The van der Waals surface area contributed by atoms with Crippen LogP contribution in [0.3, 0.4) is 0 Å². The molecule has 1 heterocycles. The number of anilines is 1. The molecule has 166 valence electrons. The van der Waals surface area contributed by atoms with E-state index in [0.717, 1.165) is 34.5 Å². The minimum absolute atomic E-state index is 0.150. The van der Waals surface area contributed by atoms with Gasteiger partial charge in [0.25, 0.3) is 0 Å². The number of rotatable bonds is 6. The van der Waals surface area contributed by atoms with Gasteiger partial charge >= 0.3 is 6.03 Å². The maximum absolute atomic E-state index is 13.4. The van der Waals surface area contributed by atoms with Crippen LogP contribution in [-0.4, -0.2) is 38.3 Å². The Morgan fingerprint density at radius 1 is 1.00 bits per heavy atom. The maximum Gasteiger partial charge on any atom is 0.322 e. The SMILES string of the molecule is CCOc1ccc(NC(=O)N2CCc3cc(OC)c(OC)cc3[C@@H]2c2ccccc2)cc1. The fraction of sp³-hybridized carbons (Fsp3) is 0.269. The van der Waals surface area contributed by atoms with Gasteiger partial charge in [0.2, 0.25) is 0 Å². The lowest BCUT2D eigenvalue weighted by Gasteiger charge is -2.38. The van der Waals surface area contributed by atoms with E-state index in [2.05, 4.69) is 5.32 Å². The van der Waals surface area contributed by atoms with Crippen LogP contribution in [0.15, 0.2) is 66.7 Å². The van der Waals surface area contributed by atoms with E-state index in [4.69, 9.17) is 14.2 Å². The van der Waals surface area contributed by atoms with E-state index in [1.807, 2.05) is 78.6 Å². The summed E-state index contributed by atoms with van der Waals surface area (Å²) in [6.07, 6.45) is 0.732. The maximum atomic E-state index is 13.4. The number of nitrogens with zero attached hydrogens (tertiary/aromatic N) is 1. The summed E-state index contributed by atoms with van der Waals surface area (Å²) in [4.78, 5) is 15.3. The largest absolute Gasteiger partial charge is 0.494 e. The standard InChI is InChI=1S/C26H28N2O4/c1-4-32-21-12-10-20(11-13-21)27-26(29)28-15-14-19-16-23(30-2)24(31-3)17-22(19)25(28)18-8-6-5-7-9-18/h5-13,16-17,25H,4,14-15H2,1-3H3,(H,27,29)/t25-/m0/s1. The Balaban J connectivity index is 1.68. The molecular formula is C26H28N2O4. The summed E-state index contributed by atoms with van der Waals surface area (Å²) < 4.78 is 16.5.